The number of fused-ring (bicyclic) bond motifs is 2. The van der Waals surface area contributed by atoms with Crippen molar-refractivity contribution in [3.63, 3.8) is 0 Å². The van der Waals surface area contributed by atoms with Crippen LogP contribution >= 0.6 is 0 Å². The van der Waals surface area contributed by atoms with Gasteiger partial charge in [-0.15, -0.1) is 0 Å². The molecule has 1 atom stereocenters. The summed E-state index contributed by atoms with van der Waals surface area (Å²) in [4.78, 5) is 65.6. The molecule has 5 aliphatic rings. The predicted octanol–water partition coefficient (Wildman–Crippen LogP) is 7.08. The maximum Gasteiger partial charge on any atom is 0.335 e. The molecule has 0 radical (unpaired) electrons. The van der Waals surface area contributed by atoms with Crippen molar-refractivity contribution in [2.45, 2.75) is 38.5 Å². The molecule has 60 heavy (non-hydrogen) atoms. The van der Waals surface area contributed by atoms with Crippen molar-refractivity contribution in [2.24, 2.45) is 32.8 Å². The third-order valence-electron chi connectivity index (χ3n) is 12.3. The number of benzene rings is 4. The molecule has 1 saturated carbocycles. The molecule has 304 valence electrons. The maximum absolute atomic E-state index is 13.9. The zero-order valence-electron chi connectivity index (χ0n) is 33.5. The molecule has 1 spiro atoms. The molecule has 0 bridgehead atoms. The van der Waals surface area contributed by atoms with Gasteiger partial charge in [-0.05, 0) is 115 Å². The topological polar surface area (TPSA) is 170 Å². The Kier molecular flexibility index (Phi) is 10.1. The highest BCUT2D eigenvalue weighted by Crippen LogP contribution is 2.55. The van der Waals surface area contributed by atoms with E-state index >= 15 is 0 Å². The monoisotopic (exact) mass is 802 g/mol. The van der Waals surface area contributed by atoms with Crippen LogP contribution in [0.25, 0.3) is 34.4 Å². The summed E-state index contributed by atoms with van der Waals surface area (Å²) in [6.45, 7) is 2.82. The second-order valence-corrected chi connectivity index (χ2v) is 16.3. The molecule has 4 N–H and O–H groups in total. The van der Waals surface area contributed by atoms with Crippen molar-refractivity contribution in [1.29, 1.82) is 0 Å². The van der Waals surface area contributed by atoms with Gasteiger partial charge in [-0.25, -0.2) is 19.6 Å². The van der Waals surface area contributed by atoms with E-state index in [-0.39, 0.29) is 30.8 Å². The van der Waals surface area contributed by atoms with Gasteiger partial charge in [-0.3, -0.25) is 9.59 Å². The number of carbonyl (C=O) groups excluding carboxylic acids is 4. The van der Waals surface area contributed by atoms with Crippen molar-refractivity contribution >= 4 is 59.0 Å². The second-order valence-electron chi connectivity index (χ2n) is 16.3. The molecule has 9 rings (SSSR count). The molecule has 4 heterocycles. The number of hydrogen-bond donors (Lipinski definition) is 2. The molecule has 12 nitrogen and oxygen atoms in total. The van der Waals surface area contributed by atoms with Crippen LogP contribution in [0, 0.1) is 11.3 Å². The van der Waals surface area contributed by atoms with Crippen LogP contribution in [0.1, 0.15) is 70.4 Å². The Hall–Kier alpha value is -6.82. The summed E-state index contributed by atoms with van der Waals surface area (Å²) in [6, 6.07) is 26.7. The van der Waals surface area contributed by atoms with E-state index in [0.29, 0.717) is 77.7 Å². The number of likely N-dealkylation sites (tertiary alicyclic amines) is 2. The summed E-state index contributed by atoms with van der Waals surface area (Å²) < 4.78 is 10.9. The number of hydrogen-bond acceptors (Lipinski definition) is 10. The third kappa shape index (κ3) is 7.49. The van der Waals surface area contributed by atoms with Crippen LogP contribution in [0.4, 0.5) is 11.4 Å². The Bertz CT molecular complexity index is 2540. The van der Waals surface area contributed by atoms with Gasteiger partial charge in [-0.1, -0.05) is 36.4 Å². The number of amides is 2. The molecular weight excluding hydrogens is 757 g/mol. The van der Waals surface area contributed by atoms with E-state index < -0.39 is 17.4 Å². The highest BCUT2D eigenvalue weighted by Gasteiger charge is 2.53. The van der Waals surface area contributed by atoms with Gasteiger partial charge < -0.3 is 30.7 Å². The summed E-state index contributed by atoms with van der Waals surface area (Å²) in [5, 5.41) is 0. The minimum atomic E-state index is -0.652. The Morgan fingerprint density at radius 2 is 1.27 bits per heavy atom. The number of carbonyl (C=O) groups is 4. The first-order valence-corrected chi connectivity index (χ1v) is 20.5. The molecule has 3 fully saturated rings. The number of nitrogens with zero attached hydrogens (tertiary/aromatic N) is 4. The lowest BCUT2D eigenvalue weighted by atomic mass is 9.92. The van der Waals surface area contributed by atoms with Crippen LogP contribution in [-0.2, 0) is 19.1 Å². The first-order valence-electron chi connectivity index (χ1n) is 20.5. The quantitative estimate of drug-likeness (QED) is 0.178. The molecule has 4 aromatic rings. The van der Waals surface area contributed by atoms with Gasteiger partial charge in [-0.2, -0.15) is 0 Å². The van der Waals surface area contributed by atoms with Crippen molar-refractivity contribution in [3.05, 3.63) is 118 Å². The van der Waals surface area contributed by atoms with Gasteiger partial charge in [0, 0.05) is 66.3 Å². The third-order valence-corrected chi connectivity index (χ3v) is 12.3. The average molecular weight is 803 g/mol. The fourth-order valence-electron chi connectivity index (χ4n) is 8.69. The Balaban J connectivity index is 0.847. The van der Waals surface area contributed by atoms with Crippen LogP contribution in [-0.4, -0.2) is 85.1 Å². The summed E-state index contributed by atoms with van der Waals surface area (Å²) in [5.41, 5.74) is 20.7. The summed E-state index contributed by atoms with van der Waals surface area (Å²) in [5.74, 6) is -0.153. The Morgan fingerprint density at radius 1 is 0.700 bits per heavy atom. The Morgan fingerprint density at radius 3 is 1.87 bits per heavy atom. The molecule has 1 aliphatic carbocycles. The van der Waals surface area contributed by atoms with E-state index in [1.807, 2.05) is 101 Å². The fraction of sp³-hybridized carbons (Fsp3) is 0.292. The average Bonchev–Trinajstić information content (AvgIpc) is 3.72. The highest BCUT2D eigenvalue weighted by atomic mass is 16.5. The fourth-order valence-corrected chi connectivity index (χ4v) is 8.69. The van der Waals surface area contributed by atoms with Crippen LogP contribution in [0.2, 0.25) is 0 Å². The van der Waals surface area contributed by atoms with Crippen molar-refractivity contribution in [3.8, 4) is 22.3 Å². The summed E-state index contributed by atoms with van der Waals surface area (Å²) in [7, 11) is 1.34. The van der Waals surface area contributed by atoms with E-state index in [0.717, 1.165) is 59.3 Å². The van der Waals surface area contributed by atoms with E-state index in [4.69, 9.17) is 25.9 Å². The SMILES string of the molecule is COC(=O)C1=Cc2cc(-c3ccc(C(=O)N4CCC(COC(=O)C5=Cc6cc(-c7ccc(C(=O)N8CCCC8)cc7)ccc6N=C(N)C56CC6)C4)cc3)ccc2N=C(N)C1. The number of esters is 2. The molecule has 1 unspecified atom stereocenters. The molecular formula is C48H46N6O6. The standard InChI is InChI=1S/C48H46N6O6/c1-59-45(57)38-24-36-22-34(12-14-40(36)51-42(49)26-38)30-6-10-33(11-7-30)44(56)54-21-16-29(27-54)28-60-46(58)39-25-37-23-35(13-15-41(37)52-47(50)48(39)17-18-48)31-4-8-32(9-5-31)43(55)53-19-2-3-20-53/h4-15,22-25,29H,2-3,16-21,26-28H2,1H3,(H2,49,51)(H2,50,52). The van der Waals surface area contributed by atoms with E-state index in [9.17, 15) is 19.2 Å². The van der Waals surface area contributed by atoms with Crippen molar-refractivity contribution in [2.75, 3.05) is 39.9 Å². The van der Waals surface area contributed by atoms with Crippen LogP contribution in [0.3, 0.4) is 0 Å². The number of methoxy groups -OCH3 is 1. The minimum absolute atomic E-state index is 0.0110. The lowest BCUT2D eigenvalue weighted by Gasteiger charge is -2.19. The maximum atomic E-state index is 13.9. The van der Waals surface area contributed by atoms with Crippen molar-refractivity contribution in [1.82, 2.24) is 9.80 Å². The van der Waals surface area contributed by atoms with E-state index in [1.54, 1.807) is 6.08 Å². The van der Waals surface area contributed by atoms with Gasteiger partial charge in [0.05, 0.1) is 36.1 Å². The molecule has 4 aliphatic heterocycles. The van der Waals surface area contributed by atoms with Gasteiger partial charge >= 0.3 is 11.9 Å². The van der Waals surface area contributed by atoms with Gasteiger partial charge in [0.1, 0.15) is 11.7 Å². The number of rotatable bonds is 8. The molecule has 2 amide bonds. The first-order chi connectivity index (χ1) is 29.1. The number of nitrogens with two attached hydrogens (primary N) is 2. The minimum Gasteiger partial charge on any atom is -0.466 e. The number of ether oxygens (including phenoxy) is 2. The summed E-state index contributed by atoms with van der Waals surface area (Å²) >= 11 is 0. The predicted molar refractivity (Wildman–Crippen MR) is 231 cm³/mol. The molecule has 4 aromatic carbocycles. The lowest BCUT2D eigenvalue weighted by molar-refractivity contribution is -0.140. The number of aliphatic imine (C=N–C) groups is 2. The first kappa shape index (κ1) is 38.7. The van der Waals surface area contributed by atoms with Crippen molar-refractivity contribution < 1.29 is 28.7 Å². The largest absolute Gasteiger partial charge is 0.466 e. The molecule has 2 saturated heterocycles. The number of amidine groups is 2. The zero-order chi connectivity index (χ0) is 41.5. The Labute approximate surface area is 348 Å². The van der Waals surface area contributed by atoms with E-state index in [2.05, 4.69) is 4.99 Å². The lowest BCUT2D eigenvalue weighted by Crippen LogP contribution is -2.31. The van der Waals surface area contributed by atoms with Gasteiger partial charge in [0.25, 0.3) is 11.8 Å². The summed E-state index contributed by atoms with van der Waals surface area (Å²) in [6.07, 6.45) is 8.06. The van der Waals surface area contributed by atoms with E-state index in [1.165, 1.54) is 7.11 Å². The molecule has 12 heteroatoms. The molecule has 0 aromatic heterocycles. The van der Waals surface area contributed by atoms with Crippen LogP contribution in [0.15, 0.2) is 106 Å². The highest BCUT2D eigenvalue weighted by molar-refractivity contribution is 6.09. The second kappa shape index (κ2) is 15.7. The normalized spacial score (nSPS) is 18.9. The van der Waals surface area contributed by atoms with Crippen LogP contribution < -0.4 is 11.5 Å². The van der Waals surface area contributed by atoms with Crippen LogP contribution in [0.5, 0.6) is 0 Å². The zero-order valence-corrected chi connectivity index (χ0v) is 33.5. The smallest absolute Gasteiger partial charge is 0.335 e. The van der Waals surface area contributed by atoms with Gasteiger partial charge in [0.2, 0.25) is 0 Å². The van der Waals surface area contributed by atoms with Gasteiger partial charge in [0.15, 0.2) is 0 Å².